The maximum Gasteiger partial charge on any atom is 0.115 e. The number of hydrogen-bond acceptors (Lipinski definition) is 3. The first-order valence-corrected chi connectivity index (χ1v) is 6.55. The third-order valence-corrected chi connectivity index (χ3v) is 3.41. The minimum atomic E-state index is 0.102. The molecule has 0 radical (unpaired) electrons. The van der Waals surface area contributed by atoms with Gasteiger partial charge in [-0.3, -0.25) is 4.68 Å². The molecule has 2 aromatic rings. The lowest BCUT2D eigenvalue weighted by Crippen LogP contribution is -2.16. The molecule has 102 valence electrons. The fourth-order valence-electron chi connectivity index (χ4n) is 2.25. The van der Waals surface area contributed by atoms with E-state index in [0.29, 0.717) is 12.5 Å². The van der Waals surface area contributed by atoms with E-state index in [2.05, 4.69) is 25.0 Å². The van der Waals surface area contributed by atoms with E-state index in [1.54, 1.807) is 12.1 Å². The Hall–Kier alpha value is -1.81. The molecule has 4 nitrogen and oxygen atoms in total. The zero-order valence-corrected chi connectivity index (χ0v) is 11.7. The number of rotatable bonds is 4. The molecule has 0 saturated carbocycles. The minimum absolute atomic E-state index is 0.102. The van der Waals surface area contributed by atoms with Gasteiger partial charge in [-0.1, -0.05) is 26.0 Å². The maximum absolute atomic E-state index is 9.36. The topological polar surface area (TPSA) is 64.1 Å². The van der Waals surface area contributed by atoms with Crippen LogP contribution < -0.4 is 5.73 Å². The van der Waals surface area contributed by atoms with Crippen molar-refractivity contribution in [3.05, 3.63) is 47.3 Å². The molecule has 3 N–H and O–H groups in total. The lowest BCUT2D eigenvalue weighted by molar-refractivity contribution is 0.475. The van der Waals surface area contributed by atoms with Gasteiger partial charge in [-0.05, 0) is 29.7 Å². The summed E-state index contributed by atoms with van der Waals surface area (Å²) in [6.45, 7) is 4.77. The van der Waals surface area contributed by atoms with Gasteiger partial charge >= 0.3 is 0 Å². The molecule has 19 heavy (non-hydrogen) atoms. The van der Waals surface area contributed by atoms with Crippen LogP contribution in [0.15, 0.2) is 30.3 Å². The Bertz CT molecular complexity index is 543. The normalized spacial score (nSPS) is 12.9. The van der Waals surface area contributed by atoms with E-state index in [4.69, 9.17) is 5.73 Å². The molecule has 1 heterocycles. The van der Waals surface area contributed by atoms with Crippen LogP contribution in [0.1, 0.15) is 42.6 Å². The number of hydrogen-bond donors (Lipinski definition) is 2. The number of aryl methyl sites for hydroxylation is 1. The Balaban J connectivity index is 2.39. The van der Waals surface area contributed by atoms with Crippen LogP contribution in [0.25, 0.3) is 0 Å². The van der Waals surface area contributed by atoms with E-state index in [1.807, 2.05) is 23.9 Å². The zero-order chi connectivity index (χ0) is 14.0. The molecule has 4 heteroatoms. The molecular formula is C15H21N3O. The predicted octanol–water partition coefficient (Wildman–Crippen LogP) is 2.34. The molecule has 0 aliphatic carbocycles. The highest BCUT2D eigenvalue weighted by Crippen LogP contribution is 2.27. The number of nitrogens with two attached hydrogens (primary N) is 1. The Morgan fingerprint density at radius 1 is 1.26 bits per heavy atom. The van der Waals surface area contributed by atoms with E-state index >= 15 is 0 Å². The molecule has 0 aliphatic heterocycles. The maximum atomic E-state index is 9.36. The van der Waals surface area contributed by atoms with Crippen molar-refractivity contribution >= 4 is 0 Å². The van der Waals surface area contributed by atoms with Crippen molar-refractivity contribution in [1.29, 1.82) is 0 Å². The third kappa shape index (κ3) is 2.79. The second kappa shape index (κ2) is 5.45. The van der Waals surface area contributed by atoms with Gasteiger partial charge in [0.15, 0.2) is 0 Å². The summed E-state index contributed by atoms with van der Waals surface area (Å²) < 4.78 is 1.90. The lowest BCUT2D eigenvalue weighted by Gasteiger charge is -2.15. The first-order chi connectivity index (χ1) is 9.02. The van der Waals surface area contributed by atoms with Gasteiger partial charge in [0.05, 0.1) is 5.69 Å². The molecule has 0 aliphatic rings. The summed E-state index contributed by atoms with van der Waals surface area (Å²) in [6, 6.07) is 9.33. The number of phenolic OH excluding ortho intramolecular Hbond substituents is 1. The molecular weight excluding hydrogens is 238 g/mol. The van der Waals surface area contributed by atoms with Crippen molar-refractivity contribution in [1.82, 2.24) is 9.78 Å². The van der Waals surface area contributed by atoms with Crippen LogP contribution in [0.5, 0.6) is 5.75 Å². The predicted molar refractivity (Wildman–Crippen MR) is 76.3 cm³/mol. The number of nitrogens with zero attached hydrogens (tertiary/aromatic N) is 2. The number of phenols is 1. The monoisotopic (exact) mass is 259 g/mol. The van der Waals surface area contributed by atoms with E-state index < -0.39 is 0 Å². The van der Waals surface area contributed by atoms with Crippen LogP contribution in [-0.2, 0) is 7.05 Å². The van der Waals surface area contributed by atoms with Crippen molar-refractivity contribution in [3.8, 4) is 5.75 Å². The van der Waals surface area contributed by atoms with Gasteiger partial charge in [-0.15, -0.1) is 0 Å². The Morgan fingerprint density at radius 3 is 2.37 bits per heavy atom. The summed E-state index contributed by atoms with van der Waals surface area (Å²) in [5.41, 5.74) is 9.21. The molecule has 0 spiro atoms. The highest BCUT2D eigenvalue weighted by atomic mass is 16.3. The first-order valence-electron chi connectivity index (χ1n) is 6.55. The van der Waals surface area contributed by atoms with Crippen LogP contribution in [-0.4, -0.2) is 21.4 Å². The Labute approximate surface area is 113 Å². The summed E-state index contributed by atoms with van der Waals surface area (Å²) in [6.07, 6.45) is 0. The van der Waals surface area contributed by atoms with Crippen molar-refractivity contribution in [2.24, 2.45) is 12.8 Å². The summed E-state index contributed by atoms with van der Waals surface area (Å²) >= 11 is 0. The number of benzene rings is 1. The second-order valence-electron chi connectivity index (χ2n) is 5.15. The van der Waals surface area contributed by atoms with Gasteiger partial charge in [-0.25, -0.2) is 0 Å². The van der Waals surface area contributed by atoms with Gasteiger partial charge in [0.1, 0.15) is 5.75 Å². The molecule has 1 aromatic heterocycles. The molecule has 0 amide bonds. The highest BCUT2D eigenvalue weighted by molar-refractivity contribution is 5.34. The van der Waals surface area contributed by atoms with E-state index in [9.17, 15) is 5.11 Å². The van der Waals surface area contributed by atoms with E-state index in [0.717, 1.165) is 17.0 Å². The van der Waals surface area contributed by atoms with E-state index in [1.165, 1.54) is 0 Å². The fourth-order valence-corrected chi connectivity index (χ4v) is 2.25. The second-order valence-corrected chi connectivity index (χ2v) is 5.15. The van der Waals surface area contributed by atoms with Crippen molar-refractivity contribution in [3.63, 3.8) is 0 Å². The quantitative estimate of drug-likeness (QED) is 0.885. The van der Waals surface area contributed by atoms with Gasteiger partial charge < -0.3 is 10.8 Å². The SMILES string of the molecule is CC(C)c1cc(C(CN)c2ccc(O)cc2)n(C)n1. The highest BCUT2D eigenvalue weighted by Gasteiger charge is 2.18. The zero-order valence-electron chi connectivity index (χ0n) is 11.7. The minimum Gasteiger partial charge on any atom is -0.508 e. The summed E-state index contributed by atoms with van der Waals surface area (Å²) in [7, 11) is 1.95. The van der Waals surface area contributed by atoms with Gasteiger partial charge in [0.2, 0.25) is 0 Å². The van der Waals surface area contributed by atoms with E-state index in [-0.39, 0.29) is 11.7 Å². The van der Waals surface area contributed by atoms with Gasteiger partial charge in [0, 0.05) is 25.2 Å². The van der Waals surface area contributed by atoms with Crippen molar-refractivity contribution < 1.29 is 5.11 Å². The molecule has 0 saturated heterocycles. The van der Waals surface area contributed by atoms with Crippen LogP contribution in [0.4, 0.5) is 0 Å². The Morgan fingerprint density at radius 2 is 1.89 bits per heavy atom. The summed E-state index contributed by atoms with van der Waals surface area (Å²) in [5.74, 6) is 0.774. The Kier molecular flexibility index (Phi) is 3.90. The first kappa shape index (κ1) is 13.6. The lowest BCUT2D eigenvalue weighted by atomic mass is 9.95. The van der Waals surface area contributed by atoms with Crippen LogP contribution >= 0.6 is 0 Å². The summed E-state index contributed by atoms with van der Waals surface area (Å²) in [4.78, 5) is 0. The van der Waals surface area contributed by atoms with Gasteiger partial charge in [0.25, 0.3) is 0 Å². The summed E-state index contributed by atoms with van der Waals surface area (Å²) in [5, 5.41) is 13.9. The third-order valence-electron chi connectivity index (χ3n) is 3.41. The average Bonchev–Trinajstić information content (AvgIpc) is 2.75. The fraction of sp³-hybridized carbons (Fsp3) is 0.400. The largest absolute Gasteiger partial charge is 0.508 e. The average molecular weight is 259 g/mol. The molecule has 1 unspecified atom stereocenters. The molecule has 1 aromatic carbocycles. The van der Waals surface area contributed by atoms with Crippen molar-refractivity contribution in [2.75, 3.05) is 6.54 Å². The standard InChI is InChI=1S/C15H21N3O/c1-10(2)14-8-15(18(3)17-14)13(9-16)11-4-6-12(19)7-5-11/h4-8,10,13,19H,9,16H2,1-3H3. The smallest absolute Gasteiger partial charge is 0.115 e. The molecule has 2 rings (SSSR count). The molecule has 1 atom stereocenters. The van der Waals surface area contributed by atoms with Crippen LogP contribution in [0.3, 0.4) is 0 Å². The van der Waals surface area contributed by atoms with Crippen LogP contribution in [0.2, 0.25) is 0 Å². The number of aromatic hydroxyl groups is 1. The molecule has 0 bridgehead atoms. The van der Waals surface area contributed by atoms with Crippen molar-refractivity contribution in [2.45, 2.75) is 25.7 Å². The number of aromatic nitrogens is 2. The molecule has 0 fully saturated rings. The van der Waals surface area contributed by atoms with Crippen LogP contribution in [0, 0.1) is 0 Å². The van der Waals surface area contributed by atoms with Gasteiger partial charge in [-0.2, -0.15) is 5.10 Å².